The van der Waals surface area contributed by atoms with E-state index in [-0.39, 0.29) is 0 Å². The van der Waals surface area contributed by atoms with Crippen LogP contribution in [-0.2, 0) is 0 Å². The second-order valence-corrected chi connectivity index (χ2v) is 5.17. The Morgan fingerprint density at radius 2 is 2.05 bits per heavy atom. The molecule has 0 spiro atoms. The number of tetrazole rings is 1. The summed E-state index contributed by atoms with van der Waals surface area (Å²) in [6.07, 6.45) is 6.59. The van der Waals surface area contributed by atoms with Crippen LogP contribution >= 0.6 is 0 Å². The van der Waals surface area contributed by atoms with E-state index in [1.54, 1.807) is 4.68 Å². The first-order valence-electron chi connectivity index (χ1n) is 6.95. The molecule has 3 rings (SSSR count). The van der Waals surface area contributed by atoms with E-state index in [2.05, 4.69) is 33.0 Å². The summed E-state index contributed by atoms with van der Waals surface area (Å²) in [5.41, 5.74) is 2.16. The van der Waals surface area contributed by atoms with Crippen molar-refractivity contribution in [3.05, 3.63) is 30.1 Å². The molecule has 0 bridgehead atoms. The fourth-order valence-electron chi connectivity index (χ4n) is 2.68. The molecule has 1 saturated carbocycles. The lowest BCUT2D eigenvalue weighted by atomic mass is 9.95. The van der Waals surface area contributed by atoms with E-state index in [0.29, 0.717) is 6.04 Å². The number of aryl methyl sites for hydroxylation is 1. The SMILES string of the molecule is Cc1nnnn1-c1cccc(NC2CCCCC2)c1. The van der Waals surface area contributed by atoms with Crippen molar-refractivity contribution in [1.82, 2.24) is 20.2 Å². The number of hydrogen-bond acceptors (Lipinski definition) is 4. The molecule has 1 N–H and O–H groups in total. The molecular formula is C14H19N5. The van der Waals surface area contributed by atoms with E-state index in [1.807, 2.05) is 19.1 Å². The van der Waals surface area contributed by atoms with Gasteiger partial charge in [0.2, 0.25) is 0 Å². The van der Waals surface area contributed by atoms with E-state index in [1.165, 1.54) is 32.1 Å². The van der Waals surface area contributed by atoms with E-state index >= 15 is 0 Å². The predicted molar refractivity (Wildman–Crippen MR) is 74.4 cm³/mol. The molecule has 19 heavy (non-hydrogen) atoms. The molecule has 1 aromatic heterocycles. The second kappa shape index (κ2) is 5.38. The van der Waals surface area contributed by atoms with Crippen LogP contribution in [0.25, 0.3) is 5.69 Å². The predicted octanol–water partition coefficient (Wildman–Crippen LogP) is 2.72. The summed E-state index contributed by atoms with van der Waals surface area (Å²) in [4.78, 5) is 0. The Balaban J connectivity index is 1.78. The van der Waals surface area contributed by atoms with Gasteiger partial charge in [-0.15, -0.1) is 5.10 Å². The maximum atomic E-state index is 4.00. The minimum atomic E-state index is 0.610. The number of benzene rings is 1. The van der Waals surface area contributed by atoms with E-state index < -0.39 is 0 Å². The van der Waals surface area contributed by atoms with Crippen molar-refractivity contribution in [1.29, 1.82) is 0 Å². The van der Waals surface area contributed by atoms with E-state index in [4.69, 9.17) is 0 Å². The van der Waals surface area contributed by atoms with Crippen LogP contribution in [0.4, 0.5) is 5.69 Å². The minimum absolute atomic E-state index is 0.610. The molecule has 0 aliphatic heterocycles. The molecule has 2 aromatic rings. The van der Waals surface area contributed by atoms with Crippen LogP contribution in [0.5, 0.6) is 0 Å². The molecule has 1 heterocycles. The molecule has 5 nitrogen and oxygen atoms in total. The fourth-order valence-corrected chi connectivity index (χ4v) is 2.68. The lowest BCUT2D eigenvalue weighted by Crippen LogP contribution is -2.22. The molecule has 5 heteroatoms. The molecular weight excluding hydrogens is 238 g/mol. The average molecular weight is 257 g/mol. The molecule has 1 aliphatic rings. The van der Waals surface area contributed by atoms with Gasteiger partial charge in [0.15, 0.2) is 5.82 Å². The van der Waals surface area contributed by atoms with Crippen LogP contribution in [0, 0.1) is 6.92 Å². The lowest BCUT2D eigenvalue weighted by Gasteiger charge is -2.24. The van der Waals surface area contributed by atoms with Crippen LogP contribution in [-0.4, -0.2) is 26.2 Å². The highest BCUT2D eigenvalue weighted by Crippen LogP contribution is 2.22. The molecule has 100 valence electrons. The Bertz CT molecular complexity index is 542. The number of rotatable bonds is 3. The lowest BCUT2D eigenvalue weighted by molar-refractivity contribution is 0.463. The van der Waals surface area contributed by atoms with Gasteiger partial charge in [0.1, 0.15) is 0 Å². The second-order valence-electron chi connectivity index (χ2n) is 5.17. The quantitative estimate of drug-likeness (QED) is 0.918. The summed E-state index contributed by atoms with van der Waals surface area (Å²) in [6, 6.07) is 8.89. The molecule has 0 radical (unpaired) electrons. The zero-order valence-electron chi connectivity index (χ0n) is 11.2. The van der Waals surface area contributed by atoms with Gasteiger partial charge in [-0.3, -0.25) is 0 Å². The fraction of sp³-hybridized carbons (Fsp3) is 0.500. The van der Waals surface area contributed by atoms with Crippen LogP contribution in [0.3, 0.4) is 0 Å². The van der Waals surface area contributed by atoms with Crippen molar-refractivity contribution < 1.29 is 0 Å². The average Bonchev–Trinajstić information content (AvgIpc) is 2.86. The van der Waals surface area contributed by atoms with Gasteiger partial charge in [-0.1, -0.05) is 25.3 Å². The van der Waals surface area contributed by atoms with Crippen LogP contribution in [0.1, 0.15) is 37.9 Å². The largest absolute Gasteiger partial charge is 0.382 e. The van der Waals surface area contributed by atoms with Crippen molar-refractivity contribution in [2.75, 3.05) is 5.32 Å². The number of nitrogens with one attached hydrogen (secondary N) is 1. The Kier molecular flexibility index (Phi) is 3.44. The van der Waals surface area contributed by atoms with Gasteiger partial charge in [-0.05, 0) is 48.4 Å². The van der Waals surface area contributed by atoms with Gasteiger partial charge < -0.3 is 5.32 Å². The molecule has 1 fully saturated rings. The van der Waals surface area contributed by atoms with E-state index in [0.717, 1.165) is 17.2 Å². The number of aromatic nitrogens is 4. The third kappa shape index (κ3) is 2.75. The molecule has 0 saturated heterocycles. The molecule has 0 amide bonds. The van der Waals surface area contributed by atoms with Gasteiger partial charge in [-0.25, -0.2) is 0 Å². The van der Waals surface area contributed by atoms with Crippen molar-refractivity contribution in [3.63, 3.8) is 0 Å². The maximum absolute atomic E-state index is 4.00. The molecule has 1 aromatic carbocycles. The van der Waals surface area contributed by atoms with E-state index in [9.17, 15) is 0 Å². The highest BCUT2D eigenvalue weighted by molar-refractivity contribution is 5.51. The van der Waals surface area contributed by atoms with Crippen LogP contribution < -0.4 is 5.32 Å². The normalized spacial score (nSPS) is 16.5. The topological polar surface area (TPSA) is 55.6 Å². The van der Waals surface area contributed by atoms with Crippen molar-refractivity contribution in [2.45, 2.75) is 45.1 Å². The summed E-state index contributed by atoms with van der Waals surface area (Å²) >= 11 is 0. The zero-order chi connectivity index (χ0) is 13.1. The first kappa shape index (κ1) is 12.1. The van der Waals surface area contributed by atoms with Crippen LogP contribution in [0.15, 0.2) is 24.3 Å². The minimum Gasteiger partial charge on any atom is -0.382 e. The smallest absolute Gasteiger partial charge is 0.153 e. The molecule has 0 atom stereocenters. The first-order valence-corrected chi connectivity index (χ1v) is 6.95. The number of anilines is 1. The Morgan fingerprint density at radius 1 is 1.21 bits per heavy atom. The highest BCUT2D eigenvalue weighted by Gasteiger charge is 2.13. The summed E-state index contributed by atoms with van der Waals surface area (Å²) in [7, 11) is 0. The Hall–Kier alpha value is -1.91. The van der Waals surface area contributed by atoms with Gasteiger partial charge in [-0.2, -0.15) is 4.68 Å². The van der Waals surface area contributed by atoms with Crippen molar-refractivity contribution in [2.24, 2.45) is 0 Å². The van der Waals surface area contributed by atoms with Gasteiger partial charge in [0.25, 0.3) is 0 Å². The van der Waals surface area contributed by atoms with Crippen molar-refractivity contribution >= 4 is 5.69 Å². The Labute approximate surface area is 113 Å². The monoisotopic (exact) mass is 257 g/mol. The van der Waals surface area contributed by atoms with Crippen LogP contribution in [0.2, 0.25) is 0 Å². The van der Waals surface area contributed by atoms with Crippen molar-refractivity contribution in [3.8, 4) is 5.69 Å². The standard InChI is InChI=1S/C14H19N5/c1-11-16-17-18-19(11)14-9-5-8-13(10-14)15-12-6-3-2-4-7-12/h5,8-10,12,15H,2-4,6-7H2,1H3. The molecule has 0 unspecified atom stereocenters. The van der Waals surface area contributed by atoms with Gasteiger partial charge >= 0.3 is 0 Å². The first-order chi connectivity index (χ1) is 9.33. The van der Waals surface area contributed by atoms with Gasteiger partial charge in [0, 0.05) is 11.7 Å². The third-order valence-electron chi connectivity index (χ3n) is 3.69. The summed E-state index contributed by atoms with van der Waals surface area (Å²) in [5, 5.41) is 15.2. The highest BCUT2D eigenvalue weighted by atomic mass is 15.5. The maximum Gasteiger partial charge on any atom is 0.153 e. The molecule has 1 aliphatic carbocycles. The summed E-state index contributed by atoms with van der Waals surface area (Å²) in [6.45, 7) is 1.90. The summed E-state index contributed by atoms with van der Waals surface area (Å²) < 4.78 is 1.76. The number of nitrogens with zero attached hydrogens (tertiary/aromatic N) is 4. The zero-order valence-corrected chi connectivity index (χ0v) is 11.2. The Morgan fingerprint density at radius 3 is 2.79 bits per heavy atom. The van der Waals surface area contributed by atoms with Gasteiger partial charge in [0.05, 0.1) is 5.69 Å². The third-order valence-corrected chi connectivity index (χ3v) is 3.69. The summed E-state index contributed by atoms with van der Waals surface area (Å²) in [5.74, 6) is 0.801. The number of hydrogen-bond donors (Lipinski definition) is 1.